The Balaban J connectivity index is 2.68. The molecular weight excluding hydrogens is 233 g/mol. The van der Waals surface area contributed by atoms with Crippen LogP contribution in [0.25, 0.3) is 0 Å². The van der Waals surface area contributed by atoms with Crippen molar-refractivity contribution in [3.8, 4) is 0 Å². The molecule has 1 aromatic rings. The van der Waals surface area contributed by atoms with Crippen LogP contribution in [0, 0.1) is 5.82 Å². The summed E-state index contributed by atoms with van der Waals surface area (Å²) >= 11 is 5.60. The topological polar surface area (TPSA) is 60.2 Å². The number of hydrogen-bond acceptors (Lipinski definition) is 4. The maximum absolute atomic E-state index is 13.4. The van der Waals surface area contributed by atoms with Gasteiger partial charge in [-0.25, -0.2) is 9.37 Å². The van der Waals surface area contributed by atoms with Gasteiger partial charge in [-0.2, -0.15) is 0 Å². The van der Waals surface area contributed by atoms with Gasteiger partial charge in [-0.3, -0.25) is 0 Å². The molecule has 16 heavy (non-hydrogen) atoms. The molecule has 90 valence electrons. The van der Waals surface area contributed by atoms with E-state index < -0.39 is 5.82 Å². The number of anilines is 1. The Morgan fingerprint density at radius 3 is 3.00 bits per heavy atom. The highest BCUT2D eigenvalue weighted by Crippen LogP contribution is 2.16. The van der Waals surface area contributed by atoms with Crippen LogP contribution in [-0.2, 0) is 4.74 Å². The molecule has 0 saturated heterocycles. The van der Waals surface area contributed by atoms with Crippen molar-refractivity contribution in [3.05, 3.63) is 23.1 Å². The molecule has 0 aliphatic rings. The summed E-state index contributed by atoms with van der Waals surface area (Å²) in [5.41, 5.74) is 5.44. The molecule has 1 unspecified atom stereocenters. The summed E-state index contributed by atoms with van der Waals surface area (Å²) < 4.78 is 18.4. The van der Waals surface area contributed by atoms with Gasteiger partial charge in [0.2, 0.25) is 0 Å². The van der Waals surface area contributed by atoms with Crippen LogP contribution in [0.4, 0.5) is 10.2 Å². The van der Waals surface area contributed by atoms with Crippen LogP contribution in [0.1, 0.15) is 6.42 Å². The average molecular weight is 248 g/mol. The lowest BCUT2D eigenvalue weighted by atomic mass is 10.2. The van der Waals surface area contributed by atoms with Gasteiger partial charge in [-0.1, -0.05) is 11.6 Å². The van der Waals surface area contributed by atoms with E-state index in [1.807, 2.05) is 0 Å². The first-order valence-electron chi connectivity index (χ1n) is 4.94. The first-order valence-corrected chi connectivity index (χ1v) is 5.31. The number of hydrogen-bond donors (Lipinski definition) is 2. The number of nitrogens with zero attached hydrogens (tertiary/aromatic N) is 1. The summed E-state index contributed by atoms with van der Waals surface area (Å²) in [6, 6.07) is 1.15. The lowest BCUT2D eigenvalue weighted by molar-refractivity contribution is 0.183. The smallest absolute Gasteiger partial charge is 0.166 e. The van der Waals surface area contributed by atoms with Gasteiger partial charge in [0.1, 0.15) is 0 Å². The molecule has 0 spiro atoms. The second-order valence-electron chi connectivity index (χ2n) is 3.36. The molecule has 0 radical (unpaired) electrons. The zero-order valence-electron chi connectivity index (χ0n) is 9.04. The standard InChI is InChI=1S/C10H15ClFN3O/c1-16-6-8(2-3-13)15-10-9(12)4-7(11)5-14-10/h4-5,8H,2-3,6,13H2,1H3,(H,14,15). The number of pyridine rings is 1. The predicted molar refractivity (Wildman–Crippen MR) is 62.2 cm³/mol. The van der Waals surface area contributed by atoms with Crippen LogP contribution < -0.4 is 11.1 Å². The average Bonchev–Trinajstić information content (AvgIpc) is 2.23. The van der Waals surface area contributed by atoms with E-state index in [1.165, 1.54) is 12.3 Å². The minimum absolute atomic E-state index is 0.0572. The molecule has 0 bridgehead atoms. The molecule has 0 aromatic carbocycles. The predicted octanol–water partition coefficient (Wildman–Crippen LogP) is 1.65. The molecule has 1 atom stereocenters. The first-order chi connectivity index (χ1) is 7.67. The number of aromatic nitrogens is 1. The summed E-state index contributed by atoms with van der Waals surface area (Å²) in [5.74, 6) is -0.314. The van der Waals surface area contributed by atoms with Crippen molar-refractivity contribution in [3.63, 3.8) is 0 Å². The monoisotopic (exact) mass is 247 g/mol. The molecule has 1 rings (SSSR count). The van der Waals surface area contributed by atoms with E-state index in [2.05, 4.69) is 10.3 Å². The van der Waals surface area contributed by atoms with E-state index in [1.54, 1.807) is 7.11 Å². The highest BCUT2D eigenvalue weighted by atomic mass is 35.5. The van der Waals surface area contributed by atoms with Crippen LogP contribution in [-0.4, -0.2) is 31.3 Å². The van der Waals surface area contributed by atoms with E-state index in [0.29, 0.717) is 19.6 Å². The van der Waals surface area contributed by atoms with Crippen molar-refractivity contribution >= 4 is 17.4 Å². The van der Waals surface area contributed by atoms with E-state index in [0.717, 1.165) is 0 Å². The Morgan fingerprint density at radius 2 is 2.44 bits per heavy atom. The Labute approximate surface area is 98.9 Å². The first kappa shape index (κ1) is 13.2. The van der Waals surface area contributed by atoms with Crippen LogP contribution >= 0.6 is 11.6 Å². The Hall–Kier alpha value is -0.910. The minimum Gasteiger partial charge on any atom is -0.383 e. The Kier molecular flexibility index (Phi) is 5.45. The third kappa shape index (κ3) is 3.92. The molecule has 4 nitrogen and oxygen atoms in total. The SMILES string of the molecule is COCC(CCN)Nc1ncc(Cl)cc1F. The van der Waals surface area contributed by atoms with Gasteiger partial charge in [-0.15, -0.1) is 0 Å². The number of rotatable bonds is 6. The zero-order chi connectivity index (χ0) is 12.0. The van der Waals surface area contributed by atoms with Crippen molar-refractivity contribution in [1.29, 1.82) is 0 Å². The highest BCUT2D eigenvalue weighted by molar-refractivity contribution is 6.30. The van der Waals surface area contributed by atoms with Gasteiger partial charge in [0.15, 0.2) is 11.6 Å². The number of nitrogens with one attached hydrogen (secondary N) is 1. The third-order valence-corrected chi connectivity index (χ3v) is 2.24. The fourth-order valence-electron chi connectivity index (χ4n) is 1.31. The summed E-state index contributed by atoms with van der Waals surface area (Å²) in [5, 5.41) is 3.20. The number of nitrogens with two attached hydrogens (primary N) is 1. The van der Waals surface area contributed by atoms with Crippen LogP contribution in [0.3, 0.4) is 0 Å². The Morgan fingerprint density at radius 1 is 1.69 bits per heavy atom. The number of ether oxygens (including phenoxy) is 1. The summed E-state index contributed by atoms with van der Waals surface area (Å²) in [6.07, 6.45) is 2.07. The largest absolute Gasteiger partial charge is 0.383 e. The van der Waals surface area contributed by atoms with Gasteiger partial charge in [-0.05, 0) is 19.0 Å². The Bertz CT molecular complexity index is 332. The van der Waals surface area contributed by atoms with E-state index in [9.17, 15) is 4.39 Å². The van der Waals surface area contributed by atoms with E-state index in [-0.39, 0.29) is 16.9 Å². The summed E-state index contributed by atoms with van der Waals surface area (Å²) in [4.78, 5) is 3.87. The zero-order valence-corrected chi connectivity index (χ0v) is 9.80. The van der Waals surface area contributed by atoms with Gasteiger partial charge >= 0.3 is 0 Å². The van der Waals surface area contributed by atoms with Crippen molar-refractivity contribution in [2.45, 2.75) is 12.5 Å². The van der Waals surface area contributed by atoms with Gasteiger partial charge in [0.05, 0.1) is 17.7 Å². The second kappa shape index (κ2) is 6.62. The molecule has 6 heteroatoms. The third-order valence-electron chi connectivity index (χ3n) is 2.03. The molecule has 0 aliphatic carbocycles. The van der Waals surface area contributed by atoms with Crippen molar-refractivity contribution < 1.29 is 9.13 Å². The van der Waals surface area contributed by atoms with Crippen molar-refractivity contribution in [1.82, 2.24) is 4.98 Å². The number of halogens is 2. The number of methoxy groups -OCH3 is 1. The van der Waals surface area contributed by atoms with Crippen LogP contribution in [0.15, 0.2) is 12.3 Å². The maximum atomic E-state index is 13.4. The van der Waals surface area contributed by atoms with Crippen LogP contribution in [0.5, 0.6) is 0 Å². The molecule has 0 aliphatic heterocycles. The van der Waals surface area contributed by atoms with Crippen molar-refractivity contribution in [2.24, 2.45) is 5.73 Å². The molecular formula is C10H15ClFN3O. The quantitative estimate of drug-likeness (QED) is 0.803. The molecule has 0 saturated carbocycles. The lowest BCUT2D eigenvalue weighted by Gasteiger charge is -2.17. The second-order valence-corrected chi connectivity index (χ2v) is 3.79. The molecule has 1 aromatic heterocycles. The molecule has 3 N–H and O–H groups in total. The van der Waals surface area contributed by atoms with Gasteiger partial charge in [0.25, 0.3) is 0 Å². The maximum Gasteiger partial charge on any atom is 0.166 e. The molecule has 1 heterocycles. The van der Waals surface area contributed by atoms with Crippen LogP contribution in [0.2, 0.25) is 5.02 Å². The fourth-order valence-corrected chi connectivity index (χ4v) is 1.46. The van der Waals surface area contributed by atoms with Crippen molar-refractivity contribution in [2.75, 3.05) is 25.6 Å². The highest BCUT2D eigenvalue weighted by Gasteiger charge is 2.11. The van der Waals surface area contributed by atoms with Gasteiger partial charge < -0.3 is 15.8 Å². The summed E-state index contributed by atoms with van der Waals surface area (Å²) in [6.45, 7) is 0.942. The molecule has 0 amide bonds. The normalized spacial score (nSPS) is 12.5. The summed E-state index contributed by atoms with van der Waals surface area (Å²) in [7, 11) is 1.58. The lowest BCUT2D eigenvalue weighted by Crippen LogP contribution is -2.28. The van der Waals surface area contributed by atoms with E-state index in [4.69, 9.17) is 22.1 Å². The molecule has 0 fully saturated rings. The fraction of sp³-hybridized carbons (Fsp3) is 0.500. The van der Waals surface area contributed by atoms with E-state index >= 15 is 0 Å². The van der Waals surface area contributed by atoms with Gasteiger partial charge in [0, 0.05) is 13.3 Å². The minimum atomic E-state index is -0.481.